The third-order valence-corrected chi connectivity index (χ3v) is 4.83. The molecule has 2 aromatic heterocycles. The van der Waals surface area contributed by atoms with Crippen LogP contribution in [0.25, 0.3) is 0 Å². The second-order valence-electron chi connectivity index (χ2n) is 6.62. The summed E-state index contributed by atoms with van der Waals surface area (Å²) in [7, 11) is 1.83. The number of amides is 1. The summed E-state index contributed by atoms with van der Waals surface area (Å²) in [5, 5.41) is 13.5. The Kier molecular flexibility index (Phi) is 5.03. The van der Waals surface area contributed by atoms with Crippen LogP contribution in [0, 0.1) is 6.92 Å². The lowest BCUT2D eigenvalue weighted by Crippen LogP contribution is -2.41. The van der Waals surface area contributed by atoms with Gasteiger partial charge in [0, 0.05) is 50.2 Å². The fourth-order valence-corrected chi connectivity index (χ4v) is 3.28. The van der Waals surface area contributed by atoms with E-state index >= 15 is 0 Å². The van der Waals surface area contributed by atoms with Crippen molar-refractivity contribution in [2.45, 2.75) is 32.2 Å². The quantitative estimate of drug-likeness (QED) is 0.894. The number of aliphatic hydroxyl groups is 1. The molecule has 1 saturated heterocycles. The number of nitrogens with zero attached hydrogens (tertiary/aromatic N) is 4. The van der Waals surface area contributed by atoms with Crippen LogP contribution in [-0.2, 0) is 13.6 Å². The zero-order chi connectivity index (χ0) is 18.0. The number of aromatic nitrogens is 3. The molecule has 1 aliphatic heterocycles. The summed E-state index contributed by atoms with van der Waals surface area (Å²) in [6.45, 7) is 3.58. The van der Waals surface area contributed by atoms with Crippen molar-refractivity contribution in [2.75, 3.05) is 19.7 Å². The van der Waals surface area contributed by atoms with Gasteiger partial charge in [-0.2, -0.15) is 5.10 Å². The van der Waals surface area contributed by atoms with Gasteiger partial charge in [-0.25, -0.2) is 0 Å². The molecule has 0 aliphatic carbocycles. The Hall–Kier alpha value is -2.41. The van der Waals surface area contributed by atoms with Crippen molar-refractivity contribution in [3.05, 3.63) is 51.7 Å². The molecule has 25 heavy (non-hydrogen) atoms. The van der Waals surface area contributed by atoms with E-state index in [0.29, 0.717) is 19.6 Å². The molecular formula is C18H24N4O3. The van der Waals surface area contributed by atoms with E-state index in [1.807, 2.05) is 26.2 Å². The molecule has 1 atom stereocenters. The average molecular weight is 344 g/mol. The van der Waals surface area contributed by atoms with Crippen molar-refractivity contribution in [2.24, 2.45) is 7.05 Å². The van der Waals surface area contributed by atoms with Gasteiger partial charge in [0.15, 0.2) is 5.43 Å². The molecule has 1 amide bonds. The molecule has 0 spiro atoms. The molecule has 0 radical (unpaired) electrons. The van der Waals surface area contributed by atoms with Crippen LogP contribution >= 0.6 is 0 Å². The number of aliphatic hydroxyl groups excluding tert-OH is 1. The molecule has 7 nitrogen and oxygen atoms in total. The summed E-state index contributed by atoms with van der Waals surface area (Å²) in [4.78, 5) is 26.8. The number of likely N-dealkylation sites (tertiary alicyclic amines) is 1. The first-order valence-electron chi connectivity index (χ1n) is 8.60. The third kappa shape index (κ3) is 3.66. The van der Waals surface area contributed by atoms with Gasteiger partial charge in [0.1, 0.15) is 5.56 Å². The Balaban J connectivity index is 1.77. The minimum absolute atomic E-state index is 0.0487. The first kappa shape index (κ1) is 17.4. The van der Waals surface area contributed by atoms with Gasteiger partial charge < -0.3 is 14.6 Å². The second-order valence-corrected chi connectivity index (χ2v) is 6.62. The zero-order valence-electron chi connectivity index (χ0n) is 14.7. The summed E-state index contributed by atoms with van der Waals surface area (Å²) in [6, 6.07) is 3.45. The number of pyridine rings is 1. The minimum Gasteiger partial charge on any atom is -0.394 e. The van der Waals surface area contributed by atoms with Crippen molar-refractivity contribution in [3.63, 3.8) is 0 Å². The number of rotatable bonds is 4. The zero-order valence-corrected chi connectivity index (χ0v) is 14.7. The van der Waals surface area contributed by atoms with Gasteiger partial charge >= 0.3 is 0 Å². The maximum atomic E-state index is 12.8. The van der Waals surface area contributed by atoms with Gasteiger partial charge in [-0.1, -0.05) is 0 Å². The standard InChI is InChI=1S/C18H24N4O3/c1-13-10-17(24)15(12-20(13)2)18(25)21-6-3-4-14(11-21)16-5-7-22(19-16)8-9-23/h5,7,10,12,14,23H,3-4,6,8-9,11H2,1-2H3/t14-/m0/s1. The molecule has 1 fully saturated rings. The van der Waals surface area contributed by atoms with Crippen LogP contribution in [0.3, 0.4) is 0 Å². The number of aryl methyl sites for hydroxylation is 2. The lowest BCUT2D eigenvalue weighted by molar-refractivity contribution is 0.0703. The number of carbonyl (C=O) groups is 1. The molecule has 0 aromatic carbocycles. The lowest BCUT2D eigenvalue weighted by atomic mass is 9.94. The van der Waals surface area contributed by atoms with E-state index < -0.39 is 0 Å². The Morgan fingerprint density at radius 1 is 1.44 bits per heavy atom. The van der Waals surface area contributed by atoms with Gasteiger partial charge in [-0.15, -0.1) is 0 Å². The molecule has 0 bridgehead atoms. The van der Waals surface area contributed by atoms with E-state index in [4.69, 9.17) is 5.11 Å². The summed E-state index contributed by atoms with van der Waals surface area (Å²) < 4.78 is 3.51. The second kappa shape index (κ2) is 7.23. The monoisotopic (exact) mass is 344 g/mol. The third-order valence-electron chi connectivity index (χ3n) is 4.83. The average Bonchev–Trinajstić information content (AvgIpc) is 3.07. The van der Waals surface area contributed by atoms with Gasteiger partial charge in [-0.3, -0.25) is 14.3 Å². The predicted octanol–water partition coefficient (Wildman–Crippen LogP) is 0.902. The van der Waals surface area contributed by atoms with Crippen molar-refractivity contribution in [1.29, 1.82) is 0 Å². The number of hydrogen-bond acceptors (Lipinski definition) is 4. The van der Waals surface area contributed by atoms with Gasteiger partial charge in [0.2, 0.25) is 0 Å². The van der Waals surface area contributed by atoms with Gasteiger partial charge in [-0.05, 0) is 25.8 Å². The van der Waals surface area contributed by atoms with E-state index in [2.05, 4.69) is 5.10 Å². The summed E-state index contributed by atoms with van der Waals surface area (Å²) in [5.41, 5.74) is 1.75. The van der Waals surface area contributed by atoms with E-state index in [1.54, 1.807) is 20.3 Å². The molecule has 2 aromatic rings. The summed E-state index contributed by atoms with van der Waals surface area (Å²) >= 11 is 0. The maximum absolute atomic E-state index is 12.8. The highest BCUT2D eigenvalue weighted by Crippen LogP contribution is 2.26. The largest absolute Gasteiger partial charge is 0.394 e. The minimum atomic E-state index is -0.227. The Morgan fingerprint density at radius 3 is 3.00 bits per heavy atom. The van der Waals surface area contributed by atoms with Gasteiger partial charge in [0.25, 0.3) is 5.91 Å². The molecule has 3 rings (SSSR count). The molecule has 1 N–H and O–H groups in total. The van der Waals surface area contributed by atoms with Crippen molar-refractivity contribution < 1.29 is 9.90 Å². The van der Waals surface area contributed by atoms with Crippen LogP contribution in [0.4, 0.5) is 0 Å². The Labute approximate surface area is 146 Å². The summed E-state index contributed by atoms with van der Waals surface area (Å²) in [5.74, 6) is -0.0490. The van der Waals surface area contributed by atoms with E-state index in [9.17, 15) is 9.59 Å². The van der Waals surface area contributed by atoms with Crippen molar-refractivity contribution in [1.82, 2.24) is 19.2 Å². The molecule has 3 heterocycles. The lowest BCUT2D eigenvalue weighted by Gasteiger charge is -2.32. The number of hydrogen-bond donors (Lipinski definition) is 1. The molecule has 0 unspecified atom stereocenters. The van der Waals surface area contributed by atoms with E-state index in [-0.39, 0.29) is 29.4 Å². The fraction of sp³-hybridized carbons (Fsp3) is 0.500. The first-order valence-corrected chi connectivity index (χ1v) is 8.60. The van der Waals surface area contributed by atoms with Crippen LogP contribution in [0.15, 0.2) is 29.3 Å². The molecule has 1 aliphatic rings. The van der Waals surface area contributed by atoms with Crippen LogP contribution in [0.5, 0.6) is 0 Å². The summed E-state index contributed by atoms with van der Waals surface area (Å²) in [6.07, 6.45) is 5.32. The molecule has 0 saturated carbocycles. The molecule has 7 heteroatoms. The maximum Gasteiger partial charge on any atom is 0.259 e. The first-order chi connectivity index (χ1) is 12.0. The SMILES string of the molecule is Cc1cc(=O)c(C(=O)N2CCC[C@H](c3ccn(CCO)n3)C2)cn1C. The Morgan fingerprint density at radius 2 is 2.24 bits per heavy atom. The predicted molar refractivity (Wildman–Crippen MR) is 93.6 cm³/mol. The van der Waals surface area contributed by atoms with E-state index in [0.717, 1.165) is 24.2 Å². The van der Waals surface area contributed by atoms with Crippen molar-refractivity contribution in [3.8, 4) is 0 Å². The molecular weight excluding hydrogens is 320 g/mol. The smallest absolute Gasteiger partial charge is 0.259 e. The highest BCUT2D eigenvalue weighted by Gasteiger charge is 2.28. The molecule has 134 valence electrons. The van der Waals surface area contributed by atoms with E-state index in [1.165, 1.54) is 6.07 Å². The highest BCUT2D eigenvalue weighted by atomic mass is 16.3. The van der Waals surface area contributed by atoms with Crippen LogP contribution in [0.2, 0.25) is 0 Å². The topological polar surface area (TPSA) is 80.4 Å². The number of piperidine rings is 1. The van der Waals surface area contributed by atoms with Crippen LogP contribution in [-0.4, -0.2) is 50.0 Å². The normalized spacial score (nSPS) is 17.7. The van der Waals surface area contributed by atoms with Gasteiger partial charge in [0.05, 0.1) is 18.8 Å². The highest BCUT2D eigenvalue weighted by molar-refractivity contribution is 5.94. The van der Waals surface area contributed by atoms with Crippen LogP contribution < -0.4 is 5.43 Å². The Bertz CT molecular complexity index is 824. The van der Waals surface area contributed by atoms with Crippen molar-refractivity contribution >= 4 is 5.91 Å². The van der Waals surface area contributed by atoms with Crippen LogP contribution in [0.1, 0.15) is 40.5 Å². The fourth-order valence-electron chi connectivity index (χ4n) is 3.28. The number of carbonyl (C=O) groups excluding carboxylic acids is 1.